The minimum Gasteiger partial charge on any atom is -0.366 e. The molecule has 1 aliphatic rings. The molecule has 4 aromatic rings. The Morgan fingerprint density at radius 2 is 1.94 bits per heavy atom. The van der Waals surface area contributed by atoms with Crippen molar-refractivity contribution in [1.82, 2.24) is 29.4 Å². The van der Waals surface area contributed by atoms with Gasteiger partial charge in [0.15, 0.2) is 11.6 Å². The normalized spacial score (nSPS) is 14.9. The summed E-state index contributed by atoms with van der Waals surface area (Å²) in [5.41, 5.74) is 2.23. The van der Waals surface area contributed by atoms with Crippen molar-refractivity contribution in [2.45, 2.75) is 46.2 Å². The molecule has 1 N–H and O–H groups in total. The number of aromatic nitrogens is 5. The Bertz CT molecular complexity index is 1370. The van der Waals surface area contributed by atoms with Gasteiger partial charge in [-0.3, -0.25) is 4.90 Å². The van der Waals surface area contributed by atoms with Crippen LogP contribution in [-0.4, -0.2) is 49.3 Å². The zero-order chi connectivity index (χ0) is 25.2. The number of pyridine rings is 1. The Hall–Kier alpha value is -3.50. The maximum absolute atomic E-state index is 14.9. The van der Waals surface area contributed by atoms with Gasteiger partial charge in [-0.2, -0.15) is 0 Å². The maximum atomic E-state index is 14.9. The van der Waals surface area contributed by atoms with E-state index in [1.54, 1.807) is 12.3 Å². The fourth-order valence-corrected chi connectivity index (χ4v) is 4.57. The smallest absolute Gasteiger partial charge is 0.229 e. The van der Waals surface area contributed by atoms with Crippen LogP contribution in [0.4, 0.5) is 20.5 Å². The zero-order valence-corrected chi connectivity index (χ0v) is 20.6. The Balaban J connectivity index is 0.00000320. The molecular formula is C26H31F2N7O. The van der Waals surface area contributed by atoms with Gasteiger partial charge in [-0.1, -0.05) is 6.07 Å². The molecule has 0 unspecified atom stereocenters. The van der Waals surface area contributed by atoms with Crippen molar-refractivity contribution in [2.24, 2.45) is 0 Å². The summed E-state index contributed by atoms with van der Waals surface area (Å²) < 4.78 is 37.2. The molecular weight excluding hydrogens is 464 g/mol. The molecule has 0 saturated carbocycles. The second kappa shape index (κ2) is 10.2. The van der Waals surface area contributed by atoms with Crippen molar-refractivity contribution < 1.29 is 14.9 Å². The van der Waals surface area contributed by atoms with Gasteiger partial charge in [0, 0.05) is 38.9 Å². The number of benzene rings is 1. The van der Waals surface area contributed by atoms with Crippen LogP contribution in [0.15, 0.2) is 36.7 Å². The van der Waals surface area contributed by atoms with Gasteiger partial charge < -0.3 is 14.6 Å². The van der Waals surface area contributed by atoms with Crippen LogP contribution in [0.2, 0.25) is 0 Å². The lowest BCUT2D eigenvalue weighted by atomic mass is 10.1. The highest BCUT2D eigenvalue weighted by molar-refractivity contribution is 5.83. The zero-order valence-electron chi connectivity index (χ0n) is 20.6. The predicted molar refractivity (Wildman–Crippen MR) is 136 cm³/mol. The van der Waals surface area contributed by atoms with E-state index in [0.29, 0.717) is 29.5 Å². The highest BCUT2D eigenvalue weighted by Gasteiger charge is 2.18. The van der Waals surface area contributed by atoms with Crippen molar-refractivity contribution in [3.8, 4) is 11.3 Å². The molecule has 0 spiro atoms. The average molecular weight is 496 g/mol. The highest BCUT2D eigenvalue weighted by Crippen LogP contribution is 2.30. The van der Waals surface area contributed by atoms with Gasteiger partial charge in [0.2, 0.25) is 5.95 Å². The first kappa shape index (κ1) is 24.2. The van der Waals surface area contributed by atoms with Crippen LogP contribution in [0.25, 0.3) is 22.3 Å². The summed E-state index contributed by atoms with van der Waals surface area (Å²) in [6.07, 6.45) is 5.06. The third-order valence-electron chi connectivity index (χ3n) is 6.22. The SMILES string of the molecule is Cc1nc2c(F)cc(-c3nc(Nc4ccc(CN5CCCCOC5)cn4)ncc3F)cc2n1C(C)C.[HH]. The molecule has 10 heteroatoms. The van der Waals surface area contributed by atoms with Crippen molar-refractivity contribution in [3.63, 3.8) is 0 Å². The number of rotatable bonds is 6. The van der Waals surface area contributed by atoms with E-state index in [1.807, 2.05) is 37.5 Å². The second-order valence-electron chi connectivity index (χ2n) is 9.31. The largest absolute Gasteiger partial charge is 0.366 e. The lowest BCUT2D eigenvalue weighted by Gasteiger charge is -2.19. The number of aryl methyl sites for hydroxylation is 1. The van der Waals surface area contributed by atoms with Crippen molar-refractivity contribution in [3.05, 3.63) is 59.7 Å². The third-order valence-corrected chi connectivity index (χ3v) is 6.22. The molecule has 5 rings (SSSR count). The van der Waals surface area contributed by atoms with E-state index in [0.717, 1.165) is 44.3 Å². The number of hydrogen-bond acceptors (Lipinski definition) is 7. The summed E-state index contributed by atoms with van der Waals surface area (Å²) in [5, 5.41) is 3.02. The summed E-state index contributed by atoms with van der Waals surface area (Å²) in [7, 11) is 0. The Kier molecular flexibility index (Phi) is 6.88. The molecule has 0 amide bonds. The molecule has 190 valence electrons. The number of anilines is 2. The van der Waals surface area contributed by atoms with E-state index >= 15 is 0 Å². The van der Waals surface area contributed by atoms with E-state index in [2.05, 4.69) is 30.2 Å². The van der Waals surface area contributed by atoms with E-state index in [4.69, 9.17) is 4.74 Å². The molecule has 1 saturated heterocycles. The van der Waals surface area contributed by atoms with Gasteiger partial charge in [0.1, 0.15) is 22.9 Å². The lowest BCUT2D eigenvalue weighted by molar-refractivity contribution is 0.0455. The number of hydrogen-bond donors (Lipinski definition) is 1. The maximum Gasteiger partial charge on any atom is 0.229 e. The first-order chi connectivity index (χ1) is 17.4. The molecule has 0 radical (unpaired) electrons. The lowest BCUT2D eigenvalue weighted by Crippen LogP contribution is -2.25. The minimum atomic E-state index is -0.644. The van der Waals surface area contributed by atoms with Crippen molar-refractivity contribution >= 4 is 22.8 Å². The van der Waals surface area contributed by atoms with Crippen LogP contribution in [0.5, 0.6) is 0 Å². The van der Waals surface area contributed by atoms with Crippen LogP contribution in [-0.2, 0) is 11.3 Å². The Labute approximate surface area is 209 Å². The van der Waals surface area contributed by atoms with Crippen LogP contribution in [0.3, 0.4) is 0 Å². The Morgan fingerprint density at radius 3 is 2.72 bits per heavy atom. The van der Waals surface area contributed by atoms with Crippen molar-refractivity contribution in [2.75, 3.05) is 25.2 Å². The summed E-state index contributed by atoms with van der Waals surface area (Å²) in [6, 6.07) is 6.85. The number of halogens is 2. The van der Waals surface area contributed by atoms with Crippen LogP contribution in [0.1, 0.15) is 45.5 Å². The standard InChI is InChI=1S/C26H29F2N7O.H2/c1-16(2)35-17(3)31-25-20(27)10-19(11-22(25)35)24-21(28)13-30-26(33-24)32-23-7-6-18(12-29-23)14-34-8-4-5-9-36-15-34;/h6-7,10-13,16H,4-5,8-9,14-15H2,1-3H3,(H,29,30,32,33);1H. The molecule has 0 bridgehead atoms. The molecule has 4 heterocycles. The van der Waals surface area contributed by atoms with Crippen LogP contribution in [0, 0.1) is 18.6 Å². The number of imidazole rings is 1. The van der Waals surface area contributed by atoms with E-state index in [9.17, 15) is 8.78 Å². The van der Waals surface area contributed by atoms with Gasteiger partial charge >= 0.3 is 0 Å². The quantitative estimate of drug-likeness (QED) is 0.372. The van der Waals surface area contributed by atoms with Gasteiger partial charge in [-0.25, -0.2) is 28.7 Å². The highest BCUT2D eigenvalue weighted by atomic mass is 19.1. The summed E-state index contributed by atoms with van der Waals surface area (Å²) in [5.74, 6) is 0.221. The van der Waals surface area contributed by atoms with Crippen LogP contribution >= 0.6 is 0 Å². The molecule has 0 atom stereocenters. The number of nitrogens with zero attached hydrogens (tertiary/aromatic N) is 6. The van der Waals surface area contributed by atoms with E-state index in [-0.39, 0.29) is 24.6 Å². The first-order valence-electron chi connectivity index (χ1n) is 12.1. The number of nitrogens with one attached hydrogen (secondary N) is 1. The topological polar surface area (TPSA) is 81.0 Å². The second-order valence-corrected chi connectivity index (χ2v) is 9.31. The van der Waals surface area contributed by atoms with Gasteiger partial charge in [-0.05, 0) is 57.4 Å². The number of ether oxygens (including phenoxy) is 1. The van der Waals surface area contributed by atoms with E-state index in [1.165, 1.54) is 6.07 Å². The Morgan fingerprint density at radius 1 is 1.08 bits per heavy atom. The predicted octanol–water partition coefficient (Wildman–Crippen LogP) is 5.62. The molecule has 0 aliphatic carbocycles. The third kappa shape index (κ3) is 5.05. The first-order valence-corrected chi connectivity index (χ1v) is 12.1. The van der Waals surface area contributed by atoms with Gasteiger partial charge in [-0.15, -0.1) is 0 Å². The molecule has 1 aromatic carbocycles. The summed E-state index contributed by atoms with van der Waals surface area (Å²) in [4.78, 5) is 19.4. The molecule has 36 heavy (non-hydrogen) atoms. The fourth-order valence-electron chi connectivity index (χ4n) is 4.57. The molecule has 1 aliphatic heterocycles. The van der Waals surface area contributed by atoms with Crippen LogP contribution < -0.4 is 5.32 Å². The summed E-state index contributed by atoms with van der Waals surface area (Å²) >= 11 is 0. The number of fused-ring (bicyclic) bond motifs is 1. The molecule has 1 fully saturated rings. The monoisotopic (exact) mass is 495 g/mol. The minimum absolute atomic E-state index is 0. The molecule has 3 aromatic heterocycles. The van der Waals surface area contributed by atoms with E-state index < -0.39 is 11.6 Å². The summed E-state index contributed by atoms with van der Waals surface area (Å²) in [6.45, 7) is 8.99. The average Bonchev–Trinajstić information content (AvgIpc) is 3.00. The van der Waals surface area contributed by atoms with Gasteiger partial charge in [0.25, 0.3) is 0 Å². The fraction of sp³-hybridized carbons (Fsp3) is 0.385. The molecule has 8 nitrogen and oxygen atoms in total. The van der Waals surface area contributed by atoms with Gasteiger partial charge in [0.05, 0.1) is 18.4 Å². The van der Waals surface area contributed by atoms with Crippen molar-refractivity contribution in [1.29, 1.82) is 0 Å².